The van der Waals surface area contributed by atoms with Crippen molar-refractivity contribution in [1.82, 2.24) is 4.90 Å². The number of guanidine groups is 1. The van der Waals surface area contributed by atoms with Crippen molar-refractivity contribution < 1.29 is 18.7 Å². The molecule has 3 aromatic carbocycles. The Labute approximate surface area is 214 Å². The second-order valence-electron chi connectivity index (χ2n) is 8.90. The molecule has 2 heterocycles. The first-order chi connectivity index (χ1) is 18.1. The molecule has 0 bridgehead atoms. The van der Waals surface area contributed by atoms with Crippen molar-refractivity contribution in [1.29, 1.82) is 0 Å². The summed E-state index contributed by atoms with van der Waals surface area (Å²) < 4.78 is 25.9. The number of methoxy groups -OCH3 is 1. The van der Waals surface area contributed by atoms with Crippen LogP contribution in [0.15, 0.2) is 88.5 Å². The van der Waals surface area contributed by atoms with Crippen molar-refractivity contribution in [3.8, 4) is 5.75 Å². The summed E-state index contributed by atoms with van der Waals surface area (Å²) in [5.74, 6) is 0.0289. The number of aryl methyl sites for hydroxylation is 1. The van der Waals surface area contributed by atoms with E-state index >= 15 is 4.39 Å². The first kappa shape index (κ1) is 23.0. The molecule has 0 fully saturated rings. The van der Waals surface area contributed by atoms with Crippen LogP contribution in [0.5, 0.6) is 5.75 Å². The van der Waals surface area contributed by atoms with Crippen molar-refractivity contribution >= 4 is 29.1 Å². The van der Waals surface area contributed by atoms with Gasteiger partial charge in [0.2, 0.25) is 11.8 Å². The molecule has 3 aromatic rings. The van der Waals surface area contributed by atoms with Crippen LogP contribution in [0.4, 0.5) is 10.1 Å². The Balaban J connectivity index is 1.61. The normalized spacial score (nSPS) is 18.0. The number of benzene rings is 3. The zero-order valence-electron chi connectivity index (χ0n) is 20.5. The zero-order chi connectivity index (χ0) is 25.5. The van der Waals surface area contributed by atoms with Gasteiger partial charge in [-0.3, -0.25) is 4.90 Å². The summed E-state index contributed by atoms with van der Waals surface area (Å²) >= 11 is 0. The van der Waals surface area contributed by atoms with Gasteiger partial charge in [-0.25, -0.2) is 14.2 Å². The van der Waals surface area contributed by atoms with E-state index in [1.54, 1.807) is 37.1 Å². The predicted octanol–water partition coefficient (Wildman–Crippen LogP) is 5.30. The number of hydrogen-bond acceptors (Lipinski definition) is 7. The summed E-state index contributed by atoms with van der Waals surface area (Å²) in [5.41, 5.74) is 5.21. The molecule has 0 amide bonds. The number of esters is 1. The standard InChI is InChI=1S/C29H25FN4O3/c1-3-37-28(35)27-32-34(24-14-7-6-13-23(24)30)29-31-25-21-12-5-4-9-18(21)15-16-22(25)26(33(27)29)19-10-8-11-20(17-19)36-2/h4-14,17,26H,3,15-16H2,1-2H3. The number of fused-ring (bicyclic) bond motifs is 3. The lowest BCUT2D eigenvalue weighted by Gasteiger charge is -2.39. The van der Waals surface area contributed by atoms with Gasteiger partial charge in [-0.2, -0.15) is 5.01 Å². The summed E-state index contributed by atoms with van der Waals surface area (Å²) in [6.07, 6.45) is 1.59. The summed E-state index contributed by atoms with van der Waals surface area (Å²) in [6, 6.07) is 21.8. The molecule has 1 atom stereocenters. The van der Waals surface area contributed by atoms with Crippen LogP contribution in [0, 0.1) is 5.82 Å². The molecule has 3 aliphatic rings. The largest absolute Gasteiger partial charge is 0.497 e. The van der Waals surface area contributed by atoms with Gasteiger partial charge in [0.15, 0.2) is 0 Å². The molecule has 1 aliphatic carbocycles. The lowest BCUT2D eigenvalue weighted by atomic mass is 9.82. The molecule has 186 valence electrons. The molecule has 8 heteroatoms. The molecule has 7 nitrogen and oxygen atoms in total. The molecular formula is C29H25FN4O3. The van der Waals surface area contributed by atoms with E-state index in [9.17, 15) is 4.79 Å². The van der Waals surface area contributed by atoms with Crippen LogP contribution < -0.4 is 9.75 Å². The van der Waals surface area contributed by atoms with Gasteiger partial charge < -0.3 is 9.47 Å². The number of halogens is 1. The van der Waals surface area contributed by atoms with Crippen molar-refractivity contribution in [3.05, 3.63) is 101 Å². The molecule has 1 unspecified atom stereocenters. The number of para-hydroxylation sites is 1. The highest BCUT2D eigenvalue weighted by Gasteiger charge is 2.47. The minimum Gasteiger partial charge on any atom is -0.497 e. The third-order valence-electron chi connectivity index (χ3n) is 6.82. The van der Waals surface area contributed by atoms with Crippen molar-refractivity contribution in [2.75, 3.05) is 18.7 Å². The van der Waals surface area contributed by atoms with E-state index in [0.717, 1.165) is 35.2 Å². The minimum absolute atomic E-state index is 0.0575. The Morgan fingerprint density at radius 1 is 1.05 bits per heavy atom. The molecule has 0 N–H and O–H groups in total. The van der Waals surface area contributed by atoms with Crippen molar-refractivity contribution in [3.63, 3.8) is 0 Å². The van der Waals surface area contributed by atoms with E-state index in [1.807, 2.05) is 36.4 Å². The number of hydrogen-bond donors (Lipinski definition) is 0. The van der Waals surface area contributed by atoms with Crippen LogP contribution in [-0.4, -0.2) is 36.4 Å². The first-order valence-corrected chi connectivity index (χ1v) is 12.2. The third kappa shape index (κ3) is 3.76. The van der Waals surface area contributed by atoms with E-state index < -0.39 is 17.8 Å². The maximum absolute atomic E-state index is 15.0. The Morgan fingerprint density at radius 2 is 1.86 bits per heavy atom. The molecule has 0 radical (unpaired) electrons. The highest BCUT2D eigenvalue weighted by Crippen LogP contribution is 2.47. The SMILES string of the molecule is CCOC(=O)C1=NN(c2ccccc2F)C2=NC3=C(CCc4ccccc43)C(c3cccc(OC)c3)N12. The number of anilines is 1. The molecule has 6 rings (SSSR count). The second-order valence-corrected chi connectivity index (χ2v) is 8.90. The maximum Gasteiger partial charge on any atom is 0.376 e. The Bertz CT molecular complexity index is 1500. The first-order valence-electron chi connectivity index (χ1n) is 12.2. The Kier molecular flexibility index (Phi) is 5.71. The lowest BCUT2D eigenvalue weighted by Crippen LogP contribution is -2.46. The fraction of sp³-hybridized carbons (Fsp3) is 0.207. The van der Waals surface area contributed by atoms with Gasteiger partial charge in [0, 0.05) is 5.56 Å². The van der Waals surface area contributed by atoms with E-state index in [0.29, 0.717) is 11.7 Å². The van der Waals surface area contributed by atoms with E-state index in [1.165, 1.54) is 16.6 Å². The van der Waals surface area contributed by atoms with Crippen LogP contribution in [-0.2, 0) is 16.0 Å². The molecule has 2 aliphatic heterocycles. The number of ether oxygens (including phenoxy) is 2. The highest BCUT2D eigenvalue weighted by atomic mass is 19.1. The predicted molar refractivity (Wildman–Crippen MR) is 140 cm³/mol. The Hall–Kier alpha value is -4.46. The summed E-state index contributed by atoms with van der Waals surface area (Å²) in [7, 11) is 1.62. The summed E-state index contributed by atoms with van der Waals surface area (Å²) in [5, 5.41) is 5.99. The van der Waals surface area contributed by atoms with Gasteiger partial charge in [-0.1, -0.05) is 48.5 Å². The monoisotopic (exact) mass is 496 g/mol. The number of rotatable bonds is 5. The average Bonchev–Trinajstić information content (AvgIpc) is 3.31. The number of carbonyl (C=O) groups is 1. The second kappa shape index (κ2) is 9.20. The van der Waals surface area contributed by atoms with Gasteiger partial charge in [-0.15, -0.1) is 5.10 Å². The fourth-order valence-corrected chi connectivity index (χ4v) is 5.19. The lowest BCUT2D eigenvalue weighted by molar-refractivity contribution is -0.135. The van der Waals surface area contributed by atoms with Crippen molar-refractivity contribution in [2.45, 2.75) is 25.8 Å². The van der Waals surface area contributed by atoms with Crippen LogP contribution in [0.25, 0.3) is 5.70 Å². The topological polar surface area (TPSA) is 66.7 Å². The van der Waals surface area contributed by atoms with Crippen LogP contribution in [0.1, 0.15) is 36.1 Å². The van der Waals surface area contributed by atoms with Gasteiger partial charge >= 0.3 is 5.97 Å². The molecule has 0 aromatic heterocycles. The van der Waals surface area contributed by atoms with Gasteiger partial charge in [0.25, 0.3) is 0 Å². The van der Waals surface area contributed by atoms with Gasteiger partial charge in [0.1, 0.15) is 17.3 Å². The fourth-order valence-electron chi connectivity index (χ4n) is 5.19. The van der Waals surface area contributed by atoms with Gasteiger partial charge in [-0.05, 0) is 60.7 Å². The molecule has 0 saturated carbocycles. The average molecular weight is 497 g/mol. The molecule has 0 saturated heterocycles. The smallest absolute Gasteiger partial charge is 0.376 e. The quantitative estimate of drug-likeness (QED) is 0.449. The van der Waals surface area contributed by atoms with Crippen LogP contribution in [0.3, 0.4) is 0 Å². The number of carbonyl (C=O) groups excluding carboxylic acids is 1. The number of hydrazone groups is 1. The van der Waals surface area contributed by atoms with Crippen molar-refractivity contribution in [2.24, 2.45) is 10.1 Å². The molecular weight excluding hydrogens is 471 g/mol. The minimum atomic E-state index is -0.595. The number of nitrogens with zero attached hydrogens (tertiary/aromatic N) is 4. The maximum atomic E-state index is 15.0. The van der Waals surface area contributed by atoms with E-state index in [2.05, 4.69) is 17.2 Å². The zero-order valence-corrected chi connectivity index (χ0v) is 20.5. The number of amidine groups is 1. The van der Waals surface area contributed by atoms with E-state index in [4.69, 9.17) is 14.5 Å². The van der Waals surface area contributed by atoms with Crippen LogP contribution >= 0.6 is 0 Å². The molecule has 37 heavy (non-hydrogen) atoms. The number of aliphatic imine (C=N–C) groups is 1. The van der Waals surface area contributed by atoms with E-state index in [-0.39, 0.29) is 18.1 Å². The highest BCUT2D eigenvalue weighted by molar-refractivity contribution is 6.41. The third-order valence-corrected chi connectivity index (χ3v) is 6.82. The Morgan fingerprint density at radius 3 is 2.68 bits per heavy atom. The summed E-state index contributed by atoms with van der Waals surface area (Å²) in [6.45, 7) is 1.93. The van der Waals surface area contributed by atoms with Gasteiger partial charge in [0.05, 0.1) is 25.5 Å². The van der Waals surface area contributed by atoms with Crippen LogP contribution in [0.2, 0.25) is 0 Å². The molecule has 0 spiro atoms. The summed E-state index contributed by atoms with van der Waals surface area (Å²) in [4.78, 5) is 20.0.